The average Bonchev–Trinajstić information content (AvgIpc) is 2.89. The van der Waals surface area contributed by atoms with Crippen molar-refractivity contribution >= 4 is 40.9 Å². The number of hydrogen-bond donors (Lipinski definition) is 1. The Morgan fingerprint density at radius 3 is 2.52 bits per heavy atom. The van der Waals surface area contributed by atoms with E-state index in [4.69, 9.17) is 0 Å². The number of amides is 3. The predicted octanol–water partition coefficient (Wildman–Crippen LogP) is 3.00. The minimum absolute atomic E-state index is 0.121. The molecular weight excluding hydrogens is 336 g/mol. The summed E-state index contributed by atoms with van der Waals surface area (Å²) in [5, 5.41) is 2.32. The highest BCUT2D eigenvalue weighted by Gasteiger charge is 2.39. The Morgan fingerprint density at radius 2 is 1.80 bits per heavy atom. The van der Waals surface area contributed by atoms with Gasteiger partial charge in [-0.15, -0.1) is 11.8 Å². The lowest BCUT2D eigenvalue weighted by molar-refractivity contribution is -0.121. The molecule has 1 fully saturated rings. The molecule has 2 aromatic carbocycles. The van der Waals surface area contributed by atoms with Crippen molar-refractivity contribution in [2.45, 2.75) is 18.6 Å². The number of nitrogens with one attached hydrogen (secondary N) is 1. The summed E-state index contributed by atoms with van der Waals surface area (Å²) in [4.78, 5) is 38.0. The van der Waals surface area contributed by atoms with Crippen molar-refractivity contribution in [2.75, 3.05) is 16.0 Å². The van der Waals surface area contributed by atoms with Gasteiger partial charge in [0.15, 0.2) is 0 Å². The van der Waals surface area contributed by atoms with Crippen LogP contribution in [-0.4, -0.2) is 28.7 Å². The molecule has 0 saturated carbocycles. The third-order valence-corrected chi connectivity index (χ3v) is 5.15. The standard InChI is InChI=1S/C19H18N2O3S/c1-13-7-5-6-10-15(13)20-17(22)12-25-16-11-18(23)21(19(16)24)14-8-3-2-4-9-14/h2-10,16H,11-12H2,1H3,(H,20,22)/t16-/m0/s1. The minimum Gasteiger partial charge on any atom is -0.325 e. The van der Waals surface area contributed by atoms with E-state index in [1.807, 2.05) is 37.3 Å². The summed E-state index contributed by atoms with van der Waals surface area (Å²) in [7, 11) is 0. The number of rotatable bonds is 5. The van der Waals surface area contributed by atoms with Crippen LogP contribution in [0.25, 0.3) is 0 Å². The lowest BCUT2D eigenvalue weighted by Crippen LogP contribution is -2.31. The topological polar surface area (TPSA) is 66.5 Å². The van der Waals surface area contributed by atoms with E-state index in [1.165, 1.54) is 16.7 Å². The Morgan fingerprint density at radius 1 is 1.12 bits per heavy atom. The van der Waals surface area contributed by atoms with Gasteiger partial charge in [-0.2, -0.15) is 0 Å². The van der Waals surface area contributed by atoms with Crippen LogP contribution >= 0.6 is 11.8 Å². The molecule has 128 valence electrons. The first-order chi connectivity index (χ1) is 12.1. The summed E-state index contributed by atoms with van der Waals surface area (Å²) in [5.74, 6) is -0.545. The highest BCUT2D eigenvalue weighted by atomic mass is 32.2. The normalized spacial score (nSPS) is 17.0. The molecule has 0 unspecified atom stereocenters. The molecule has 3 rings (SSSR count). The summed E-state index contributed by atoms with van der Waals surface area (Å²) < 4.78 is 0. The molecule has 1 aliphatic heterocycles. The molecule has 1 aliphatic rings. The van der Waals surface area contributed by atoms with Crippen LogP contribution < -0.4 is 10.2 Å². The second kappa shape index (κ2) is 7.53. The van der Waals surface area contributed by atoms with Crippen molar-refractivity contribution in [2.24, 2.45) is 0 Å². The van der Waals surface area contributed by atoms with E-state index in [0.29, 0.717) is 5.69 Å². The molecule has 1 N–H and O–H groups in total. The zero-order chi connectivity index (χ0) is 17.8. The van der Waals surface area contributed by atoms with Gasteiger partial charge in [0.05, 0.1) is 16.7 Å². The van der Waals surface area contributed by atoms with Crippen LogP contribution in [-0.2, 0) is 14.4 Å². The van der Waals surface area contributed by atoms with Gasteiger partial charge in [0.2, 0.25) is 17.7 Å². The Labute approximate surface area is 150 Å². The van der Waals surface area contributed by atoms with Crippen molar-refractivity contribution in [3.8, 4) is 0 Å². The van der Waals surface area contributed by atoms with E-state index in [1.54, 1.807) is 24.3 Å². The van der Waals surface area contributed by atoms with Gasteiger partial charge in [-0.3, -0.25) is 14.4 Å². The number of carbonyl (C=O) groups is 3. The zero-order valence-corrected chi connectivity index (χ0v) is 14.6. The molecule has 0 radical (unpaired) electrons. The fourth-order valence-corrected chi connectivity index (χ4v) is 3.59. The van der Waals surface area contributed by atoms with E-state index in [-0.39, 0.29) is 29.9 Å². The van der Waals surface area contributed by atoms with E-state index < -0.39 is 5.25 Å². The first-order valence-electron chi connectivity index (χ1n) is 7.95. The molecular formula is C19H18N2O3S. The number of nitrogens with zero attached hydrogens (tertiary/aromatic N) is 1. The molecule has 0 spiro atoms. The summed E-state index contributed by atoms with van der Waals surface area (Å²) in [6.45, 7) is 1.92. The summed E-state index contributed by atoms with van der Waals surface area (Å²) in [6, 6.07) is 16.4. The Bertz CT molecular complexity index is 807. The van der Waals surface area contributed by atoms with Crippen LogP contribution in [0.2, 0.25) is 0 Å². The molecule has 0 bridgehead atoms. The van der Waals surface area contributed by atoms with Crippen LogP contribution in [0.5, 0.6) is 0 Å². The second-order valence-electron chi connectivity index (χ2n) is 5.77. The molecule has 0 aliphatic carbocycles. The van der Waals surface area contributed by atoms with Crippen molar-refractivity contribution in [1.82, 2.24) is 0 Å². The van der Waals surface area contributed by atoms with Gasteiger partial charge in [0, 0.05) is 12.1 Å². The number of para-hydroxylation sites is 2. The number of imide groups is 1. The number of hydrogen-bond acceptors (Lipinski definition) is 4. The molecule has 6 heteroatoms. The Hall–Kier alpha value is -2.60. The monoisotopic (exact) mass is 354 g/mol. The van der Waals surface area contributed by atoms with Crippen molar-refractivity contribution in [1.29, 1.82) is 0 Å². The molecule has 1 heterocycles. The van der Waals surface area contributed by atoms with E-state index in [2.05, 4.69) is 5.32 Å². The SMILES string of the molecule is Cc1ccccc1NC(=O)CS[C@H]1CC(=O)N(c2ccccc2)C1=O. The van der Waals surface area contributed by atoms with Gasteiger partial charge in [-0.25, -0.2) is 4.90 Å². The van der Waals surface area contributed by atoms with Crippen LogP contribution in [0, 0.1) is 6.92 Å². The van der Waals surface area contributed by atoms with E-state index in [0.717, 1.165) is 11.3 Å². The van der Waals surface area contributed by atoms with Gasteiger partial charge in [-0.1, -0.05) is 36.4 Å². The quantitative estimate of drug-likeness (QED) is 0.838. The fourth-order valence-electron chi connectivity index (χ4n) is 2.66. The van der Waals surface area contributed by atoms with Gasteiger partial charge in [0.25, 0.3) is 0 Å². The zero-order valence-electron chi connectivity index (χ0n) is 13.8. The molecule has 1 saturated heterocycles. The lowest BCUT2D eigenvalue weighted by atomic mass is 10.2. The van der Waals surface area contributed by atoms with Gasteiger partial charge < -0.3 is 5.32 Å². The first kappa shape index (κ1) is 17.2. The number of thioether (sulfide) groups is 1. The van der Waals surface area contributed by atoms with Crippen molar-refractivity contribution in [3.63, 3.8) is 0 Å². The maximum Gasteiger partial charge on any atom is 0.247 e. The maximum absolute atomic E-state index is 12.5. The molecule has 5 nitrogen and oxygen atoms in total. The van der Waals surface area contributed by atoms with E-state index >= 15 is 0 Å². The summed E-state index contributed by atoms with van der Waals surface area (Å²) in [5.41, 5.74) is 2.31. The number of anilines is 2. The predicted molar refractivity (Wildman–Crippen MR) is 99.6 cm³/mol. The maximum atomic E-state index is 12.5. The van der Waals surface area contributed by atoms with Gasteiger partial charge >= 0.3 is 0 Å². The van der Waals surface area contributed by atoms with Crippen molar-refractivity contribution < 1.29 is 14.4 Å². The highest BCUT2D eigenvalue weighted by molar-refractivity contribution is 8.01. The third kappa shape index (κ3) is 3.91. The fraction of sp³-hybridized carbons (Fsp3) is 0.211. The molecule has 2 aromatic rings. The van der Waals surface area contributed by atoms with Crippen LogP contribution in [0.4, 0.5) is 11.4 Å². The molecule has 0 aromatic heterocycles. The number of benzene rings is 2. The molecule has 25 heavy (non-hydrogen) atoms. The molecule has 3 amide bonds. The summed E-state index contributed by atoms with van der Waals surface area (Å²) >= 11 is 1.20. The number of aryl methyl sites for hydroxylation is 1. The Kier molecular flexibility index (Phi) is 5.19. The van der Waals surface area contributed by atoms with Crippen LogP contribution in [0.3, 0.4) is 0 Å². The smallest absolute Gasteiger partial charge is 0.247 e. The minimum atomic E-state index is -0.518. The van der Waals surface area contributed by atoms with Gasteiger partial charge in [-0.05, 0) is 30.7 Å². The molecule has 1 atom stereocenters. The average molecular weight is 354 g/mol. The summed E-state index contributed by atoms with van der Waals surface area (Å²) in [6.07, 6.45) is 0.121. The highest BCUT2D eigenvalue weighted by Crippen LogP contribution is 2.29. The third-order valence-electron chi connectivity index (χ3n) is 3.95. The Balaban J connectivity index is 1.59. The second-order valence-corrected chi connectivity index (χ2v) is 6.96. The van der Waals surface area contributed by atoms with Crippen molar-refractivity contribution in [3.05, 3.63) is 60.2 Å². The first-order valence-corrected chi connectivity index (χ1v) is 9.00. The lowest BCUT2D eigenvalue weighted by Gasteiger charge is -2.14. The number of carbonyl (C=O) groups excluding carboxylic acids is 3. The van der Waals surface area contributed by atoms with Crippen LogP contribution in [0.15, 0.2) is 54.6 Å². The van der Waals surface area contributed by atoms with E-state index in [9.17, 15) is 14.4 Å². The largest absolute Gasteiger partial charge is 0.325 e. The van der Waals surface area contributed by atoms with Gasteiger partial charge in [0.1, 0.15) is 0 Å². The van der Waals surface area contributed by atoms with Crippen LogP contribution in [0.1, 0.15) is 12.0 Å².